The zero-order chi connectivity index (χ0) is 22.8. The highest BCUT2D eigenvalue weighted by Gasteiger charge is 2.18. The van der Waals surface area contributed by atoms with Crippen molar-refractivity contribution >= 4 is 17.0 Å². The van der Waals surface area contributed by atoms with Crippen LogP contribution in [0.3, 0.4) is 0 Å². The Morgan fingerprint density at radius 2 is 1.81 bits per heavy atom. The van der Waals surface area contributed by atoms with E-state index in [4.69, 9.17) is 4.74 Å². The Bertz CT molecular complexity index is 1170. The van der Waals surface area contributed by atoms with E-state index in [0.717, 1.165) is 22.8 Å². The van der Waals surface area contributed by atoms with Crippen molar-refractivity contribution in [3.05, 3.63) is 70.0 Å². The summed E-state index contributed by atoms with van der Waals surface area (Å²) in [7, 11) is 0. The number of hydrogen-bond acceptors (Lipinski definition) is 4. The third-order valence-electron chi connectivity index (χ3n) is 4.27. The zero-order valence-corrected chi connectivity index (χ0v) is 17.3. The van der Waals surface area contributed by atoms with Crippen LogP contribution in [0, 0.1) is 17.5 Å². The molecule has 0 aliphatic rings. The predicted molar refractivity (Wildman–Crippen MR) is 110 cm³/mol. The Labute approximate surface area is 176 Å². The third-order valence-corrected chi connectivity index (χ3v) is 4.27. The smallest absolute Gasteiger partial charge is 0.407 e. The molecule has 0 bridgehead atoms. The summed E-state index contributed by atoms with van der Waals surface area (Å²) in [5.74, 6) is -2.36. The zero-order valence-electron chi connectivity index (χ0n) is 17.3. The average Bonchev–Trinajstić information content (AvgIpc) is 2.63. The number of aryl methyl sites for hydroxylation is 1. The monoisotopic (exact) mass is 433 g/mol. The lowest BCUT2D eigenvalue weighted by molar-refractivity contribution is 0.0527. The second-order valence-electron chi connectivity index (χ2n) is 7.96. The number of rotatable bonds is 5. The minimum Gasteiger partial charge on any atom is -0.444 e. The highest BCUT2D eigenvalue weighted by molar-refractivity contribution is 5.78. The van der Waals surface area contributed by atoms with Crippen LogP contribution in [0.4, 0.5) is 18.0 Å². The van der Waals surface area contributed by atoms with Crippen molar-refractivity contribution < 1.29 is 22.7 Å². The third kappa shape index (κ3) is 5.42. The first kappa shape index (κ1) is 22.3. The number of benzene rings is 2. The average molecular weight is 433 g/mol. The number of carbonyl (C=O) groups is 1. The van der Waals surface area contributed by atoms with Gasteiger partial charge in [0.05, 0.1) is 11.2 Å². The molecular weight excluding hydrogens is 411 g/mol. The van der Waals surface area contributed by atoms with E-state index in [0.29, 0.717) is 12.5 Å². The number of halogens is 3. The van der Waals surface area contributed by atoms with E-state index in [1.54, 1.807) is 20.8 Å². The summed E-state index contributed by atoms with van der Waals surface area (Å²) < 4.78 is 48.0. The summed E-state index contributed by atoms with van der Waals surface area (Å²) in [6.45, 7) is 5.42. The number of alkyl carbamates (subject to hydrolysis) is 1. The Hall–Kier alpha value is -3.36. The first-order valence-corrected chi connectivity index (χ1v) is 9.68. The van der Waals surface area contributed by atoms with Gasteiger partial charge in [0.25, 0.3) is 5.56 Å². The van der Waals surface area contributed by atoms with Crippen molar-refractivity contribution in [1.29, 1.82) is 0 Å². The number of amides is 1. The molecular formula is C22H22F3N3O3. The van der Waals surface area contributed by atoms with Crippen LogP contribution in [0.25, 0.3) is 16.6 Å². The van der Waals surface area contributed by atoms with Gasteiger partial charge in [0.1, 0.15) is 34.3 Å². The van der Waals surface area contributed by atoms with E-state index in [-0.39, 0.29) is 35.4 Å². The number of nitrogens with zero attached hydrogens (tertiary/aromatic N) is 2. The van der Waals surface area contributed by atoms with Crippen LogP contribution in [0.2, 0.25) is 0 Å². The molecule has 1 amide bonds. The molecule has 1 aromatic heterocycles. The van der Waals surface area contributed by atoms with Crippen molar-refractivity contribution in [2.45, 2.75) is 39.2 Å². The summed E-state index contributed by atoms with van der Waals surface area (Å²) in [6.07, 6.45) is -0.0643. The fourth-order valence-corrected chi connectivity index (χ4v) is 3.09. The van der Waals surface area contributed by atoms with Gasteiger partial charge < -0.3 is 10.1 Å². The van der Waals surface area contributed by atoms with Crippen LogP contribution >= 0.6 is 0 Å². The highest BCUT2D eigenvalue weighted by atomic mass is 19.1. The molecule has 0 radical (unpaired) electrons. The Kier molecular flexibility index (Phi) is 6.33. The van der Waals surface area contributed by atoms with E-state index in [1.165, 1.54) is 12.1 Å². The minimum absolute atomic E-state index is 0.102. The van der Waals surface area contributed by atoms with Gasteiger partial charge in [-0.25, -0.2) is 22.9 Å². The van der Waals surface area contributed by atoms with Crippen LogP contribution in [0.15, 0.2) is 41.2 Å². The molecule has 2 aromatic carbocycles. The van der Waals surface area contributed by atoms with E-state index in [1.807, 2.05) is 0 Å². The van der Waals surface area contributed by atoms with Gasteiger partial charge in [-0.3, -0.25) is 9.36 Å². The summed E-state index contributed by atoms with van der Waals surface area (Å²) in [5, 5.41) is 2.32. The summed E-state index contributed by atoms with van der Waals surface area (Å²) in [4.78, 5) is 29.2. The van der Waals surface area contributed by atoms with E-state index in [2.05, 4.69) is 10.3 Å². The molecule has 0 unspecified atom stereocenters. The highest BCUT2D eigenvalue weighted by Crippen LogP contribution is 2.18. The van der Waals surface area contributed by atoms with E-state index < -0.39 is 34.7 Å². The number of aromatic nitrogens is 2. The number of carbonyl (C=O) groups excluding carboxylic acids is 1. The number of hydrogen-bond donors (Lipinski definition) is 1. The maximum absolute atomic E-state index is 14.3. The largest absolute Gasteiger partial charge is 0.444 e. The fourth-order valence-electron chi connectivity index (χ4n) is 3.09. The lowest BCUT2D eigenvalue weighted by atomic mass is 10.2. The fraction of sp³-hybridized carbons (Fsp3) is 0.318. The molecule has 0 aliphatic heterocycles. The summed E-state index contributed by atoms with van der Waals surface area (Å²) in [5.41, 5.74) is -1.39. The molecule has 0 saturated carbocycles. The van der Waals surface area contributed by atoms with Crippen molar-refractivity contribution in [2.24, 2.45) is 0 Å². The quantitative estimate of drug-likeness (QED) is 0.611. The first-order chi connectivity index (χ1) is 14.5. The van der Waals surface area contributed by atoms with Crippen LogP contribution in [-0.2, 0) is 11.2 Å². The summed E-state index contributed by atoms with van der Waals surface area (Å²) in [6, 6.07) is 6.64. The number of ether oxygens (including phenoxy) is 1. The number of nitrogens with one attached hydrogen (secondary N) is 1. The van der Waals surface area contributed by atoms with Crippen LogP contribution < -0.4 is 10.9 Å². The molecule has 1 heterocycles. The molecule has 164 valence electrons. The van der Waals surface area contributed by atoms with E-state index >= 15 is 0 Å². The van der Waals surface area contributed by atoms with Crippen LogP contribution in [0.5, 0.6) is 0 Å². The molecule has 3 aromatic rings. The number of fused-ring (bicyclic) bond motifs is 1. The van der Waals surface area contributed by atoms with Crippen molar-refractivity contribution in [3.8, 4) is 5.69 Å². The van der Waals surface area contributed by atoms with Crippen molar-refractivity contribution in [2.75, 3.05) is 6.54 Å². The lowest BCUT2D eigenvalue weighted by Crippen LogP contribution is -2.33. The maximum Gasteiger partial charge on any atom is 0.407 e. The maximum atomic E-state index is 14.3. The Morgan fingerprint density at radius 1 is 1.13 bits per heavy atom. The van der Waals surface area contributed by atoms with Gasteiger partial charge in [-0.2, -0.15) is 0 Å². The van der Waals surface area contributed by atoms with Gasteiger partial charge in [-0.05, 0) is 51.5 Å². The molecule has 0 fully saturated rings. The van der Waals surface area contributed by atoms with Gasteiger partial charge in [0.2, 0.25) is 0 Å². The molecule has 0 atom stereocenters. The first-order valence-electron chi connectivity index (χ1n) is 9.68. The topological polar surface area (TPSA) is 73.2 Å². The molecule has 0 spiro atoms. The van der Waals surface area contributed by atoms with Gasteiger partial charge in [-0.1, -0.05) is 6.07 Å². The SMILES string of the molecule is CC(C)(C)OC(=O)NCCCc1nc2cccc(F)c2c(=O)n1-c1cc(F)cc(F)c1. The van der Waals surface area contributed by atoms with Crippen molar-refractivity contribution in [1.82, 2.24) is 14.9 Å². The lowest BCUT2D eigenvalue weighted by Gasteiger charge is -2.19. The van der Waals surface area contributed by atoms with Gasteiger partial charge in [0.15, 0.2) is 0 Å². The summed E-state index contributed by atoms with van der Waals surface area (Å²) >= 11 is 0. The van der Waals surface area contributed by atoms with Gasteiger partial charge in [-0.15, -0.1) is 0 Å². The molecule has 31 heavy (non-hydrogen) atoms. The van der Waals surface area contributed by atoms with Crippen LogP contribution in [0.1, 0.15) is 33.0 Å². The normalized spacial score (nSPS) is 11.5. The van der Waals surface area contributed by atoms with E-state index in [9.17, 15) is 22.8 Å². The Morgan fingerprint density at radius 3 is 2.45 bits per heavy atom. The second kappa shape index (κ2) is 8.79. The minimum atomic E-state index is -0.881. The predicted octanol–water partition coefficient (Wildman–Crippen LogP) is 4.26. The molecule has 0 aliphatic carbocycles. The van der Waals surface area contributed by atoms with Crippen LogP contribution in [-0.4, -0.2) is 27.8 Å². The second-order valence-corrected chi connectivity index (χ2v) is 7.96. The molecule has 0 saturated heterocycles. The van der Waals surface area contributed by atoms with Gasteiger partial charge in [0, 0.05) is 19.0 Å². The van der Waals surface area contributed by atoms with Crippen molar-refractivity contribution in [3.63, 3.8) is 0 Å². The molecule has 1 N–H and O–H groups in total. The Balaban J connectivity index is 1.94. The molecule has 6 nitrogen and oxygen atoms in total. The molecule has 9 heteroatoms. The molecule has 3 rings (SSSR count). The van der Waals surface area contributed by atoms with Gasteiger partial charge >= 0.3 is 6.09 Å². The standard InChI is InChI=1S/C22H22F3N3O3/c1-22(2,3)31-21(30)26-9-5-8-18-27-17-7-4-6-16(25)19(17)20(29)28(18)15-11-13(23)10-14(24)12-15/h4,6-7,10-12H,5,8-9H2,1-3H3,(H,26,30).